The highest BCUT2D eigenvalue weighted by atomic mass is 16.5. The van der Waals surface area contributed by atoms with Crippen LogP contribution >= 0.6 is 0 Å². The van der Waals surface area contributed by atoms with Gasteiger partial charge >= 0.3 is 0 Å². The zero-order valence-electron chi connectivity index (χ0n) is 25.2. The van der Waals surface area contributed by atoms with E-state index in [2.05, 4.69) is 10.6 Å². The molecule has 3 aliphatic heterocycles. The van der Waals surface area contributed by atoms with Crippen molar-refractivity contribution < 1.29 is 29.0 Å². The molecule has 226 valence electrons. The van der Waals surface area contributed by atoms with Crippen LogP contribution in [0.15, 0.2) is 42.5 Å². The summed E-state index contributed by atoms with van der Waals surface area (Å²) in [5, 5.41) is 15.4. The van der Waals surface area contributed by atoms with Crippen molar-refractivity contribution in [1.29, 1.82) is 0 Å². The summed E-state index contributed by atoms with van der Waals surface area (Å²) in [6, 6.07) is 12.1. The van der Waals surface area contributed by atoms with Crippen LogP contribution in [0.25, 0.3) is 0 Å². The van der Waals surface area contributed by atoms with Crippen molar-refractivity contribution in [2.45, 2.75) is 77.5 Å². The SMILES string of the molecule is CCOc1ccc(NC(=O)[C@H]2[C@H]3C(=O)N(CCCCCO)C(C(=O)Nc4c(C)cccc4C)C34CC(C)[C@]2(C)O4)cc1. The molecule has 5 rings (SSSR count). The lowest BCUT2D eigenvalue weighted by Gasteiger charge is -2.36. The van der Waals surface area contributed by atoms with Crippen LogP contribution in [0.3, 0.4) is 0 Å². The van der Waals surface area contributed by atoms with Gasteiger partial charge in [0.25, 0.3) is 0 Å². The van der Waals surface area contributed by atoms with Crippen molar-refractivity contribution in [3.63, 3.8) is 0 Å². The quantitative estimate of drug-likeness (QED) is 0.340. The van der Waals surface area contributed by atoms with Crippen LogP contribution in [0.2, 0.25) is 0 Å². The van der Waals surface area contributed by atoms with Crippen molar-refractivity contribution in [1.82, 2.24) is 4.90 Å². The molecule has 3 amide bonds. The van der Waals surface area contributed by atoms with Gasteiger partial charge < -0.3 is 30.1 Å². The van der Waals surface area contributed by atoms with E-state index in [1.807, 2.05) is 52.8 Å². The first-order chi connectivity index (χ1) is 20.1. The zero-order valence-corrected chi connectivity index (χ0v) is 25.2. The summed E-state index contributed by atoms with van der Waals surface area (Å²) in [7, 11) is 0. The van der Waals surface area contributed by atoms with Gasteiger partial charge in [-0.2, -0.15) is 0 Å². The molecule has 9 heteroatoms. The normalized spacial score (nSPS) is 29.5. The molecule has 42 heavy (non-hydrogen) atoms. The summed E-state index contributed by atoms with van der Waals surface area (Å²) in [5.41, 5.74) is 1.17. The van der Waals surface area contributed by atoms with Gasteiger partial charge in [-0.1, -0.05) is 25.1 Å². The molecule has 2 bridgehead atoms. The summed E-state index contributed by atoms with van der Waals surface area (Å²) >= 11 is 0. The van der Waals surface area contributed by atoms with E-state index in [9.17, 15) is 19.5 Å². The van der Waals surface area contributed by atoms with Crippen molar-refractivity contribution >= 4 is 29.1 Å². The molecule has 0 aliphatic carbocycles. The van der Waals surface area contributed by atoms with E-state index in [-0.39, 0.29) is 30.2 Å². The van der Waals surface area contributed by atoms with Crippen LogP contribution in [0.5, 0.6) is 5.75 Å². The van der Waals surface area contributed by atoms with E-state index in [1.54, 1.807) is 29.2 Å². The number of nitrogens with zero attached hydrogens (tertiary/aromatic N) is 1. The number of fused-ring (bicyclic) bond motifs is 1. The maximum Gasteiger partial charge on any atom is 0.250 e. The second kappa shape index (κ2) is 11.7. The average Bonchev–Trinajstić information content (AvgIpc) is 3.46. The predicted molar refractivity (Wildman–Crippen MR) is 160 cm³/mol. The Kier molecular flexibility index (Phi) is 8.36. The van der Waals surface area contributed by atoms with E-state index in [4.69, 9.17) is 9.47 Å². The van der Waals surface area contributed by atoms with Crippen LogP contribution < -0.4 is 15.4 Å². The lowest BCUT2D eigenvalue weighted by atomic mass is 9.62. The Morgan fingerprint density at radius 3 is 2.38 bits per heavy atom. The molecule has 2 aromatic rings. The molecule has 2 aromatic carbocycles. The molecule has 9 nitrogen and oxygen atoms in total. The monoisotopic (exact) mass is 577 g/mol. The first kappa shape index (κ1) is 30.0. The third-order valence-corrected chi connectivity index (χ3v) is 9.56. The van der Waals surface area contributed by atoms with Gasteiger partial charge in [0.2, 0.25) is 17.7 Å². The molecule has 3 N–H and O–H groups in total. The molecule has 3 aliphatic rings. The Bertz CT molecular complexity index is 1330. The van der Waals surface area contributed by atoms with Gasteiger partial charge in [-0.15, -0.1) is 0 Å². The van der Waals surface area contributed by atoms with Crippen LogP contribution in [-0.4, -0.2) is 64.7 Å². The summed E-state index contributed by atoms with van der Waals surface area (Å²) < 4.78 is 12.3. The largest absolute Gasteiger partial charge is 0.494 e. The number of anilines is 2. The fourth-order valence-electron chi connectivity index (χ4n) is 7.47. The highest BCUT2D eigenvalue weighted by molar-refractivity contribution is 6.05. The predicted octanol–water partition coefficient (Wildman–Crippen LogP) is 4.45. The van der Waals surface area contributed by atoms with Gasteiger partial charge in [0.05, 0.1) is 24.0 Å². The van der Waals surface area contributed by atoms with Crippen molar-refractivity contribution in [3.05, 3.63) is 53.6 Å². The summed E-state index contributed by atoms with van der Waals surface area (Å²) in [6.45, 7) is 10.7. The highest BCUT2D eigenvalue weighted by Gasteiger charge is 2.79. The van der Waals surface area contributed by atoms with E-state index in [0.29, 0.717) is 43.9 Å². The minimum Gasteiger partial charge on any atom is -0.494 e. The maximum absolute atomic E-state index is 14.3. The third kappa shape index (κ3) is 4.96. The van der Waals surface area contributed by atoms with E-state index >= 15 is 0 Å². The molecule has 0 radical (unpaired) electrons. The first-order valence-electron chi connectivity index (χ1n) is 15.1. The van der Waals surface area contributed by atoms with Crippen molar-refractivity contribution in [2.75, 3.05) is 30.4 Å². The fourth-order valence-corrected chi connectivity index (χ4v) is 7.47. The first-order valence-corrected chi connectivity index (χ1v) is 15.1. The molecule has 0 aromatic heterocycles. The molecule has 6 atom stereocenters. The molecule has 1 spiro atoms. The second-order valence-corrected chi connectivity index (χ2v) is 12.2. The molecule has 0 saturated carbocycles. The number of aliphatic hydroxyl groups excluding tert-OH is 1. The Morgan fingerprint density at radius 2 is 1.74 bits per heavy atom. The minimum atomic E-state index is -1.12. The number of carbonyl (C=O) groups is 3. The van der Waals surface area contributed by atoms with Gasteiger partial charge in [0.15, 0.2) is 0 Å². The summed E-state index contributed by atoms with van der Waals surface area (Å²) in [4.78, 5) is 44.1. The van der Waals surface area contributed by atoms with Gasteiger partial charge in [0.1, 0.15) is 17.4 Å². The highest BCUT2D eigenvalue weighted by Crippen LogP contribution is 2.65. The number of hydrogen-bond acceptors (Lipinski definition) is 6. The van der Waals surface area contributed by atoms with E-state index < -0.39 is 29.1 Å². The summed E-state index contributed by atoms with van der Waals surface area (Å²) in [6.07, 6.45) is 2.48. The minimum absolute atomic E-state index is 0.0533. The zero-order chi connectivity index (χ0) is 30.2. The van der Waals surface area contributed by atoms with Gasteiger partial charge in [0, 0.05) is 24.5 Å². The van der Waals surface area contributed by atoms with Crippen molar-refractivity contribution in [2.24, 2.45) is 17.8 Å². The molecule has 3 unspecified atom stereocenters. The number of ether oxygens (including phenoxy) is 2. The van der Waals surface area contributed by atoms with Gasteiger partial charge in [-0.3, -0.25) is 14.4 Å². The standard InChI is InChI=1S/C33H43N3O6/c1-6-41-24-15-13-23(14-16-24)34-29(38)25-26-31(40)36(17-8-7-9-18-37)28(33(26)19-22(4)32(25,5)42-33)30(39)35-27-20(2)11-10-12-21(27)3/h10-16,22,25-26,28,37H,6-9,17-19H2,1-5H3,(H,34,38)(H,35,39)/t22?,25-,26+,28?,32+,33?/m1/s1. The number of amides is 3. The lowest BCUT2D eigenvalue weighted by Crippen LogP contribution is -2.54. The Morgan fingerprint density at radius 1 is 1.05 bits per heavy atom. The smallest absolute Gasteiger partial charge is 0.250 e. The van der Waals surface area contributed by atoms with E-state index in [1.165, 1.54) is 0 Å². The average molecular weight is 578 g/mol. The van der Waals surface area contributed by atoms with Crippen LogP contribution in [-0.2, 0) is 19.1 Å². The number of para-hydroxylation sites is 1. The molecule has 3 fully saturated rings. The van der Waals surface area contributed by atoms with Gasteiger partial charge in [-0.05, 0) is 94.7 Å². The number of aryl methyl sites for hydroxylation is 2. The maximum atomic E-state index is 14.3. The number of rotatable bonds is 11. The molecule has 3 heterocycles. The Labute approximate surface area is 248 Å². The fraction of sp³-hybridized carbons (Fsp3) is 0.545. The summed E-state index contributed by atoms with van der Waals surface area (Å²) in [5.74, 6) is -1.70. The van der Waals surface area contributed by atoms with Crippen LogP contribution in [0, 0.1) is 31.6 Å². The van der Waals surface area contributed by atoms with Gasteiger partial charge in [-0.25, -0.2) is 0 Å². The second-order valence-electron chi connectivity index (χ2n) is 12.2. The van der Waals surface area contributed by atoms with E-state index in [0.717, 1.165) is 23.2 Å². The molecular weight excluding hydrogens is 534 g/mol. The Hall–Kier alpha value is -3.43. The topological polar surface area (TPSA) is 117 Å². The third-order valence-electron chi connectivity index (χ3n) is 9.56. The van der Waals surface area contributed by atoms with Crippen LogP contribution in [0.1, 0.15) is 57.6 Å². The number of nitrogens with one attached hydrogen (secondary N) is 2. The number of benzene rings is 2. The number of unbranched alkanes of at least 4 members (excludes halogenated alkanes) is 2. The number of likely N-dealkylation sites (tertiary alicyclic amines) is 1. The number of aliphatic hydroxyl groups is 1. The molecule has 3 saturated heterocycles. The van der Waals surface area contributed by atoms with Crippen molar-refractivity contribution in [3.8, 4) is 5.75 Å². The number of hydrogen-bond donors (Lipinski definition) is 3. The Balaban J connectivity index is 1.49. The number of carbonyl (C=O) groups excluding carboxylic acids is 3. The lowest BCUT2D eigenvalue weighted by molar-refractivity contribution is -0.144. The van der Waals surface area contributed by atoms with Crippen LogP contribution in [0.4, 0.5) is 11.4 Å². The molecular formula is C33H43N3O6.